The predicted octanol–water partition coefficient (Wildman–Crippen LogP) is 0.977. The molecule has 58 valence electrons. The fourth-order valence-electron chi connectivity index (χ4n) is 1.19. The van der Waals surface area contributed by atoms with Crippen LogP contribution in [0.25, 0.3) is 0 Å². The zero-order chi connectivity index (χ0) is 7.61. The molecule has 0 aromatic rings. The smallest absolute Gasteiger partial charge is 0.0653 e. The molecule has 1 N–H and O–H groups in total. The van der Waals surface area contributed by atoms with E-state index in [1.54, 1.807) is 0 Å². The number of hydrogen-bond acceptors (Lipinski definition) is 2. The normalized spacial score (nSPS) is 24.4. The van der Waals surface area contributed by atoms with Crippen molar-refractivity contribution < 1.29 is 5.11 Å². The van der Waals surface area contributed by atoms with Crippen LogP contribution in [0.5, 0.6) is 0 Å². The third-order valence-corrected chi connectivity index (χ3v) is 2.13. The molecule has 0 saturated carbocycles. The predicted molar refractivity (Wildman–Crippen MR) is 41.6 cm³/mol. The maximum Gasteiger partial charge on any atom is 0.0653 e. The van der Waals surface area contributed by atoms with Gasteiger partial charge in [0.05, 0.1) is 5.60 Å². The van der Waals surface area contributed by atoms with Gasteiger partial charge in [-0.25, -0.2) is 0 Å². The molecule has 0 amide bonds. The summed E-state index contributed by atoms with van der Waals surface area (Å²) in [5.41, 5.74) is -0.431. The van der Waals surface area contributed by atoms with Gasteiger partial charge in [0.1, 0.15) is 0 Å². The summed E-state index contributed by atoms with van der Waals surface area (Å²) in [7, 11) is 0. The van der Waals surface area contributed by atoms with Crippen molar-refractivity contribution in [2.45, 2.75) is 25.4 Å². The van der Waals surface area contributed by atoms with Crippen LogP contribution in [0.1, 0.15) is 19.8 Å². The number of likely N-dealkylation sites (tertiary alicyclic amines) is 1. The fraction of sp³-hybridized carbons (Fsp3) is 0.750. The van der Waals surface area contributed by atoms with E-state index in [9.17, 15) is 5.11 Å². The lowest BCUT2D eigenvalue weighted by Crippen LogP contribution is -2.39. The van der Waals surface area contributed by atoms with Crippen LogP contribution < -0.4 is 0 Å². The Hall–Kier alpha value is -0.500. The first-order valence-electron chi connectivity index (χ1n) is 3.73. The average molecular weight is 141 g/mol. The molecule has 10 heavy (non-hydrogen) atoms. The molecule has 0 spiro atoms. The van der Waals surface area contributed by atoms with Crippen LogP contribution in [0.3, 0.4) is 0 Å². The molecule has 1 saturated heterocycles. The minimum absolute atomic E-state index is 0.431. The van der Waals surface area contributed by atoms with Gasteiger partial charge in [0.2, 0.25) is 0 Å². The number of nitrogens with zero attached hydrogens (tertiary/aromatic N) is 1. The van der Waals surface area contributed by atoms with Crippen LogP contribution in [-0.2, 0) is 0 Å². The van der Waals surface area contributed by atoms with Gasteiger partial charge < -0.3 is 10.0 Å². The van der Waals surface area contributed by atoms with Crippen molar-refractivity contribution in [2.24, 2.45) is 0 Å². The zero-order valence-corrected chi connectivity index (χ0v) is 6.51. The Morgan fingerprint density at radius 1 is 1.50 bits per heavy atom. The summed E-state index contributed by atoms with van der Waals surface area (Å²) in [5, 5.41) is 9.53. The van der Waals surface area contributed by atoms with Crippen LogP contribution in [0, 0.1) is 0 Å². The molecule has 0 bridgehead atoms. The largest absolute Gasteiger partial charge is 0.390 e. The Balaban J connectivity index is 2.38. The summed E-state index contributed by atoms with van der Waals surface area (Å²) < 4.78 is 0. The van der Waals surface area contributed by atoms with Crippen molar-refractivity contribution in [1.82, 2.24) is 4.90 Å². The van der Waals surface area contributed by atoms with E-state index in [-0.39, 0.29) is 0 Å². The van der Waals surface area contributed by atoms with E-state index < -0.39 is 5.60 Å². The van der Waals surface area contributed by atoms with Crippen LogP contribution in [-0.4, -0.2) is 28.7 Å². The molecule has 0 aromatic carbocycles. The van der Waals surface area contributed by atoms with E-state index in [0.717, 1.165) is 25.9 Å². The van der Waals surface area contributed by atoms with Crippen molar-refractivity contribution in [3.05, 3.63) is 12.8 Å². The molecule has 1 aliphatic heterocycles. The summed E-state index contributed by atoms with van der Waals surface area (Å²) in [6.45, 7) is 7.45. The second-order valence-corrected chi connectivity index (χ2v) is 3.22. The van der Waals surface area contributed by atoms with E-state index in [2.05, 4.69) is 11.5 Å². The second kappa shape index (κ2) is 2.62. The summed E-state index contributed by atoms with van der Waals surface area (Å²) in [6, 6.07) is 0. The molecule has 1 fully saturated rings. The van der Waals surface area contributed by atoms with E-state index >= 15 is 0 Å². The van der Waals surface area contributed by atoms with Gasteiger partial charge in [-0.05, 0) is 26.0 Å². The van der Waals surface area contributed by atoms with Gasteiger partial charge in [-0.3, -0.25) is 0 Å². The molecule has 0 radical (unpaired) electrons. The fourth-order valence-corrected chi connectivity index (χ4v) is 1.19. The molecular weight excluding hydrogens is 126 g/mol. The van der Waals surface area contributed by atoms with E-state index in [1.807, 2.05) is 13.1 Å². The SMILES string of the molecule is C=CN1CCC(C)(O)CC1. The highest BCUT2D eigenvalue weighted by Crippen LogP contribution is 2.20. The zero-order valence-electron chi connectivity index (χ0n) is 6.51. The van der Waals surface area contributed by atoms with Crippen molar-refractivity contribution in [1.29, 1.82) is 0 Å². The Bertz CT molecular complexity index is 121. The third-order valence-electron chi connectivity index (χ3n) is 2.13. The van der Waals surface area contributed by atoms with Gasteiger partial charge in [0.15, 0.2) is 0 Å². The molecule has 0 aliphatic carbocycles. The van der Waals surface area contributed by atoms with Crippen LogP contribution in [0.15, 0.2) is 12.8 Å². The molecule has 1 heterocycles. The van der Waals surface area contributed by atoms with Crippen LogP contribution in [0.2, 0.25) is 0 Å². The van der Waals surface area contributed by atoms with Gasteiger partial charge in [-0.1, -0.05) is 6.58 Å². The highest BCUT2D eigenvalue weighted by Gasteiger charge is 2.25. The lowest BCUT2D eigenvalue weighted by molar-refractivity contribution is 0.00568. The molecule has 2 nitrogen and oxygen atoms in total. The van der Waals surface area contributed by atoms with Crippen molar-refractivity contribution in [2.75, 3.05) is 13.1 Å². The molecule has 0 unspecified atom stereocenters. The molecular formula is C8H15NO. The number of piperidine rings is 1. The van der Waals surface area contributed by atoms with Gasteiger partial charge in [0, 0.05) is 13.1 Å². The van der Waals surface area contributed by atoms with Gasteiger partial charge in [-0.15, -0.1) is 0 Å². The molecule has 2 heteroatoms. The van der Waals surface area contributed by atoms with Crippen molar-refractivity contribution >= 4 is 0 Å². The highest BCUT2D eigenvalue weighted by atomic mass is 16.3. The number of rotatable bonds is 1. The Kier molecular flexibility index (Phi) is 2.00. The third kappa shape index (κ3) is 1.74. The average Bonchev–Trinajstić information content (AvgIpc) is 1.88. The maximum atomic E-state index is 9.53. The topological polar surface area (TPSA) is 23.5 Å². The lowest BCUT2D eigenvalue weighted by atomic mass is 9.94. The Morgan fingerprint density at radius 3 is 2.40 bits per heavy atom. The first-order valence-corrected chi connectivity index (χ1v) is 3.73. The summed E-state index contributed by atoms with van der Waals surface area (Å²) in [6.07, 6.45) is 3.56. The van der Waals surface area contributed by atoms with E-state index in [1.165, 1.54) is 0 Å². The quantitative estimate of drug-likeness (QED) is 0.588. The second-order valence-electron chi connectivity index (χ2n) is 3.22. The number of hydrogen-bond donors (Lipinski definition) is 1. The minimum Gasteiger partial charge on any atom is -0.390 e. The first kappa shape index (κ1) is 7.61. The minimum atomic E-state index is -0.431. The molecule has 1 rings (SSSR count). The summed E-state index contributed by atoms with van der Waals surface area (Å²) >= 11 is 0. The number of aliphatic hydroxyl groups is 1. The van der Waals surface area contributed by atoms with Crippen molar-refractivity contribution in [3.8, 4) is 0 Å². The van der Waals surface area contributed by atoms with Gasteiger partial charge >= 0.3 is 0 Å². The standard InChI is InChI=1S/C8H15NO/c1-3-9-6-4-8(2,10)5-7-9/h3,10H,1,4-7H2,2H3. The summed E-state index contributed by atoms with van der Waals surface area (Å²) in [4.78, 5) is 2.14. The molecule has 0 aromatic heterocycles. The van der Waals surface area contributed by atoms with Crippen molar-refractivity contribution in [3.63, 3.8) is 0 Å². The van der Waals surface area contributed by atoms with E-state index in [0.29, 0.717) is 0 Å². The monoisotopic (exact) mass is 141 g/mol. The van der Waals surface area contributed by atoms with Crippen LogP contribution in [0.4, 0.5) is 0 Å². The van der Waals surface area contributed by atoms with E-state index in [4.69, 9.17) is 0 Å². The maximum absolute atomic E-state index is 9.53. The Morgan fingerprint density at radius 2 is 2.00 bits per heavy atom. The van der Waals surface area contributed by atoms with Crippen LogP contribution >= 0.6 is 0 Å². The molecule has 0 atom stereocenters. The lowest BCUT2D eigenvalue weighted by Gasteiger charge is -2.34. The first-order chi connectivity index (χ1) is 4.64. The summed E-state index contributed by atoms with van der Waals surface area (Å²) in [5.74, 6) is 0. The molecule has 1 aliphatic rings. The van der Waals surface area contributed by atoms with Gasteiger partial charge in [-0.2, -0.15) is 0 Å². The Labute approximate surface area is 62.2 Å². The van der Waals surface area contributed by atoms with Gasteiger partial charge in [0.25, 0.3) is 0 Å². The highest BCUT2D eigenvalue weighted by molar-refractivity contribution is 4.85.